The summed E-state index contributed by atoms with van der Waals surface area (Å²) in [6, 6.07) is 1.92. The van der Waals surface area contributed by atoms with Gasteiger partial charge < -0.3 is 4.74 Å². The lowest BCUT2D eigenvalue weighted by atomic mass is 9.78. The highest BCUT2D eigenvalue weighted by molar-refractivity contribution is 6.08. The van der Waals surface area contributed by atoms with E-state index in [1.54, 1.807) is 6.20 Å². The fourth-order valence-electron chi connectivity index (χ4n) is 3.99. The molecular formula is C20H27N3O3. The lowest BCUT2D eigenvalue weighted by molar-refractivity contribution is -0.119. The minimum absolute atomic E-state index is 0.252. The molecule has 1 amide bonds. The summed E-state index contributed by atoms with van der Waals surface area (Å²) < 4.78 is 4.59. The number of hydrogen-bond donors (Lipinski definition) is 1. The molecule has 6 heteroatoms. The van der Waals surface area contributed by atoms with Crippen LogP contribution in [0, 0.1) is 11.8 Å². The van der Waals surface area contributed by atoms with Gasteiger partial charge in [0.25, 0.3) is 0 Å². The van der Waals surface area contributed by atoms with Gasteiger partial charge in [-0.25, -0.2) is 4.79 Å². The molecular weight excluding hydrogens is 330 g/mol. The maximum Gasteiger partial charge on any atom is 0.412 e. The van der Waals surface area contributed by atoms with Crippen LogP contribution in [0.5, 0.6) is 0 Å². The first-order chi connectivity index (χ1) is 12.6. The molecule has 0 spiro atoms. The number of hydrogen-bond acceptors (Lipinski definition) is 5. The first-order valence-corrected chi connectivity index (χ1v) is 9.46. The van der Waals surface area contributed by atoms with E-state index in [2.05, 4.69) is 27.0 Å². The summed E-state index contributed by atoms with van der Waals surface area (Å²) >= 11 is 0. The number of Topliss-reactive ketones (excluding diaryl/α,β-unsaturated/α-hetero) is 1. The molecule has 6 nitrogen and oxygen atoms in total. The second kappa shape index (κ2) is 8.43. The number of aliphatic imine (C=N–C) groups is 1. The van der Waals surface area contributed by atoms with E-state index in [9.17, 15) is 9.59 Å². The van der Waals surface area contributed by atoms with Crippen molar-refractivity contribution >= 4 is 17.7 Å². The molecule has 1 aliphatic heterocycles. The molecule has 1 aliphatic carbocycles. The van der Waals surface area contributed by atoms with Crippen LogP contribution < -0.4 is 5.32 Å². The van der Waals surface area contributed by atoms with Gasteiger partial charge in [0.1, 0.15) is 11.6 Å². The van der Waals surface area contributed by atoms with Gasteiger partial charge in [-0.2, -0.15) is 0 Å². The topological polar surface area (TPSA) is 80.6 Å². The third-order valence-corrected chi connectivity index (χ3v) is 5.50. The largest absolute Gasteiger partial charge is 0.453 e. The van der Waals surface area contributed by atoms with Crippen LogP contribution in [-0.4, -0.2) is 29.8 Å². The Morgan fingerprint density at radius 3 is 2.81 bits per heavy atom. The molecule has 0 aromatic carbocycles. The number of nitrogens with one attached hydrogen (secondary N) is 1. The maximum absolute atomic E-state index is 12.5. The van der Waals surface area contributed by atoms with Crippen LogP contribution in [0.25, 0.3) is 0 Å². The Morgan fingerprint density at radius 1 is 1.31 bits per heavy atom. The third-order valence-electron chi connectivity index (χ3n) is 5.50. The van der Waals surface area contributed by atoms with Crippen LogP contribution in [0.1, 0.15) is 62.3 Å². The van der Waals surface area contributed by atoms with E-state index >= 15 is 0 Å². The van der Waals surface area contributed by atoms with Gasteiger partial charge in [0.2, 0.25) is 0 Å². The Balaban J connectivity index is 1.56. The minimum atomic E-state index is -0.549. The van der Waals surface area contributed by atoms with Crippen molar-refractivity contribution in [2.75, 3.05) is 7.11 Å². The quantitative estimate of drug-likeness (QED) is 0.875. The molecule has 1 aromatic rings. The second-order valence-corrected chi connectivity index (χ2v) is 7.41. The molecule has 0 saturated heterocycles. The van der Waals surface area contributed by atoms with Crippen molar-refractivity contribution in [2.45, 2.75) is 58.4 Å². The Morgan fingerprint density at radius 2 is 2.08 bits per heavy atom. The number of pyridine rings is 1. The van der Waals surface area contributed by atoms with E-state index in [4.69, 9.17) is 0 Å². The van der Waals surface area contributed by atoms with Gasteiger partial charge >= 0.3 is 6.09 Å². The zero-order chi connectivity index (χ0) is 18.5. The molecule has 1 aromatic heterocycles. The van der Waals surface area contributed by atoms with E-state index in [1.807, 2.05) is 6.07 Å². The fraction of sp³-hybridized carbons (Fsp3) is 0.600. The Bertz CT molecular complexity index is 708. The first-order valence-electron chi connectivity index (χ1n) is 9.46. The molecule has 1 fully saturated rings. The highest BCUT2D eigenvalue weighted by Crippen LogP contribution is 2.31. The number of aromatic nitrogens is 1. The molecule has 2 aliphatic rings. The van der Waals surface area contributed by atoms with Gasteiger partial charge in [-0.15, -0.1) is 0 Å². The standard InChI is InChI=1S/C20H27N3O3/c1-13(14-6-4-3-5-7-14)8-17(24)10-16-9-15-11-22-19(18(15)12-21-16)23-20(25)26-2/h9,12-14H,3-8,10-11H2,1-2H3,(H,22,23,25)/t13-/m0/s1. The molecule has 0 bridgehead atoms. The molecule has 26 heavy (non-hydrogen) atoms. The molecule has 2 heterocycles. The number of fused-ring (bicyclic) bond motifs is 1. The predicted molar refractivity (Wildman–Crippen MR) is 99.1 cm³/mol. The highest BCUT2D eigenvalue weighted by Gasteiger charge is 2.23. The number of rotatable bonds is 5. The lowest BCUT2D eigenvalue weighted by Gasteiger charge is -2.27. The Labute approximate surface area is 154 Å². The summed E-state index contributed by atoms with van der Waals surface area (Å²) in [6.45, 7) is 2.69. The highest BCUT2D eigenvalue weighted by atomic mass is 16.5. The zero-order valence-electron chi connectivity index (χ0n) is 15.6. The average Bonchev–Trinajstić information content (AvgIpc) is 3.04. The summed E-state index contributed by atoms with van der Waals surface area (Å²) in [5.74, 6) is 1.88. The number of ether oxygens (including phenoxy) is 1. The number of ketones is 1. The van der Waals surface area contributed by atoms with Crippen molar-refractivity contribution in [3.63, 3.8) is 0 Å². The van der Waals surface area contributed by atoms with Gasteiger partial charge in [0.15, 0.2) is 0 Å². The number of carbonyl (C=O) groups is 2. The number of amides is 1. The smallest absolute Gasteiger partial charge is 0.412 e. The van der Waals surface area contributed by atoms with Crippen LogP contribution in [0.2, 0.25) is 0 Å². The molecule has 0 unspecified atom stereocenters. The number of alkyl carbamates (subject to hydrolysis) is 1. The van der Waals surface area contributed by atoms with Gasteiger partial charge in [0.05, 0.1) is 13.7 Å². The monoisotopic (exact) mass is 357 g/mol. The van der Waals surface area contributed by atoms with E-state index in [0.29, 0.717) is 37.1 Å². The molecule has 140 valence electrons. The van der Waals surface area contributed by atoms with E-state index in [0.717, 1.165) is 16.8 Å². The van der Waals surface area contributed by atoms with E-state index in [1.165, 1.54) is 39.2 Å². The number of amidine groups is 1. The van der Waals surface area contributed by atoms with Gasteiger partial charge in [-0.3, -0.25) is 20.1 Å². The SMILES string of the molecule is COC(=O)NC1=NCc2cc(CC(=O)C[C@H](C)C3CCCCC3)ncc21. The van der Waals surface area contributed by atoms with Crippen molar-refractivity contribution in [1.82, 2.24) is 10.3 Å². The Hall–Kier alpha value is -2.24. The van der Waals surface area contributed by atoms with Crippen molar-refractivity contribution in [3.05, 3.63) is 29.1 Å². The fourth-order valence-corrected chi connectivity index (χ4v) is 3.99. The maximum atomic E-state index is 12.5. The summed E-state index contributed by atoms with van der Waals surface area (Å²) in [6.07, 6.45) is 8.61. The van der Waals surface area contributed by atoms with Crippen LogP contribution in [-0.2, 0) is 22.5 Å². The van der Waals surface area contributed by atoms with Crippen LogP contribution in [0.3, 0.4) is 0 Å². The van der Waals surface area contributed by atoms with Crippen LogP contribution in [0.15, 0.2) is 17.3 Å². The predicted octanol–water partition coefficient (Wildman–Crippen LogP) is 3.42. The van der Waals surface area contributed by atoms with Crippen molar-refractivity contribution in [2.24, 2.45) is 16.8 Å². The summed E-state index contributed by atoms with van der Waals surface area (Å²) in [5, 5.41) is 2.59. The zero-order valence-corrected chi connectivity index (χ0v) is 15.6. The number of nitrogens with zero attached hydrogens (tertiary/aromatic N) is 2. The van der Waals surface area contributed by atoms with Crippen molar-refractivity contribution in [3.8, 4) is 0 Å². The van der Waals surface area contributed by atoms with Gasteiger partial charge in [-0.05, 0) is 23.5 Å². The van der Waals surface area contributed by atoms with Crippen LogP contribution >= 0.6 is 0 Å². The van der Waals surface area contributed by atoms with Crippen LogP contribution in [0.4, 0.5) is 4.79 Å². The lowest BCUT2D eigenvalue weighted by Crippen LogP contribution is -2.30. The van der Waals surface area contributed by atoms with Crippen molar-refractivity contribution in [1.29, 1.82) is 0 Å². The van der Waals surface area contributed by atoms with E-state index < -0.39 is 6.09 Å². The average molecular weight is 357 g/mol. The minimum Gasteiger partial charge on any atom is -0.453 e. The first kappa shape index (κ1) is 18.5. The molecule has 1 saturated carbocycles. The van der Waals surface area contributed by atoms with Gasteiger partial charge in [-0.1, -0.05) is 39.0 Å². The number of methoxy groups -OCH3 is 1. The molecule has 1 N–H and O–H groups in total. The summed E-state index contributed by atoms with van der Waals surface area (Å²) in [4.78, 5) is 32.5. The van der Waals surface area contributed by atoms with Gasteiger partial charge in [0, 0.05) is 30.3 Å². The third kappa shape index (κ3) is 4.48. The molecule has 0 radical (unpaired) electrons. The Kier molecular flexibility index (Phi) is 6.01. The van der Waals surface area contributed by atoms with E-state index in [-0.39, 0.29) is 5.78 Å². The molecule has 1 atom stereocenters. The summed E-state index contributed by atoms with van der Waals surface area (Å²) in [5.41, 5.74) is 2.55. The van der Waals surface area contributed by atoms with Crippen molar-refractivity contribution < 1.29 is 14.3 Å². The normalized spacial score (nSPS) is 18.0. The summed E-state index contributed by atoms with van der Waals surface area (Å²) in [7, 11) is 1.31. The molecule has 3 rings (SSSR count). The second-order valence-electron chi connectivity index (χ2n) is 7.41. The number of carbonyl (C=O) groups excluding carboxylic acids is 2.